The summed E-state index contributed by atoms with van der Waals surface area (Å²) in [7, 11) is 7.58. The summed E-state index contributed by atoms with van der Waals surface area (Å²) in [4.78, 5) is 24.8. The van der Waals surface area contributed by atoms with Gasteiger partial charge in [0.05, 0.1) is 5.92 Å². The molecule has 1 aromatic carbocycles. The summed E-state index contributed by atoms with van der Waals surface area (Å²) < 4.78 is 0. The average Bonchev–Trinajstić information content (AvgIpc) is 3.24. The maximum atomic E-state index is 13.4. The van der Waals surface area contributed by atoms with Crippen molar-refractivity contribution < 1.29 is 4.79 Å². The lowest BCUT2D eigenvalue weighted by molar-refractivity contribution is -0.130. The van der Waals surface area contributed by atoms with Crippen molar-refractivity contribution in [3.8, 4) is 11.1 Å². The van der Waals surface area contributed by atoms with Crippen molar-refractivity contribution in [1.29, 1.82) is 0 Å². The quantitative estimate of drug-likeness (QED) is 0.647. The minimum Gasteiger partial charge on any atom is -0.369 e. The molecule has 0 saturated carbocycles. The normalized spacial score (nSPS) is 21.5. The van der Waals surface area contributed by atoms with Crippen LogP contribution in [0.5, 0.6) is 0 Å². The van der Waals surface area contributed by atoms with E-state index in [9.17, 15) is 4.79 Å². The molecule has 0 spiro atoms. The van der Waals surface area contributed by atoms with E-state index < -0.39 is 11.5 Å². The Bertz CT molecular complexity index is 1150. The molecule has 2 radical (unpaired) electrons. The predicted molar refractivity (Wildman–Crippen MR) is 128 cm³/mol. The van der Waals surface area contributed by atoms with Crippen molar-refractivity contribution in [3.63, 3.8) is 0 Å². The summed E-state index contributed by atoms with van der Waals surface area (Å²) >= 11 is 1.57. The number of nitrogens with two attached hydrogens (primary N) is 1. The number of likely N-dealkylation sites (N-methyl/N-ethyl adjacent to an activating group) is 1. The third kappa shape index (κ3) is 3.78. The van der Waals surface area contributed by atoms with Crippen molar-refractivity contribution in [2.24, 2.45) is 10.7 Å². The molecule has 0 fully saturated rings. The van der Waals surface area contributed by atoms with Gasteiger partial charge in [0, 0.05) is 29.9 Å². The van der Waals surface area contributed by atoms with Crippen LogP contribution < -0.4 is 11.2 Å². The molecule has 0 bridgehead atoms. The number of hydrogen-bond acceptors (Lipinski definition) is 5. The number of aliphatic imine (C=N–C) groups is 1. The molecule has 5 nitrogen and oxygen atoms in total. The van der Waals surface area contributed by atoms with Gasteiger partial charge < -0.3 is 5.73 Å². The maximum Gasteiger partial charge on any atom is 0.239 e. The minimum atomic E-state index is -0.816. The lowest BCUT2D eigenvalue weighted by atomic mass is 9.77. The summed E-state index contributed by atoms with van der Waals surface area (Å²) in [6.07, 6.45) is 3.40. The zero-order valence-electron chi connectivity index (χ0n) is 18.2. The smallest absolute Gasteiger partial charge is 0.239 e. The van der Waals surface area contributed by atoms with Crippen LogP contribution in [0, 0.1) is 0 Å². The Morgan fingerprint density at radius 2 is 1.87 bits per heavy atom. The predicted octanol–water partition coefficient (Wildman–Crippen LogP) is 3.51. The first-order valence-corrected chi connectivity index (χ1v) is 11.1. The fourth-order valence-corrected chi connectivity index (χ4v) is 5.09. The molecule has 2 aromatic heterocycles. The van der Waals surface area contributed by atoms with E-state index in [0.717, 1.165) is 21.6 Å². The van der Waals surface area contributed by atoms with Gasteiger partial charge in [-0.25, -0.2) is 4.99 Å². The van der Waals surface area contributed by atoms with Gasteiger partial charge in [0.2, 0.25) is 5.91 Å². The van der Waals surface area contributed by atoms with Crippen LogP contribution in [0.25, 0.3) is 11.1 Å². The van der Waals surface area contributed by atoms with Crippen LogP contribution in [-0.2, 0) is 10.3 Å². The molecular formula is C24H25BN4OS. The van der Waals surface area contributed by atoms with Crippen molar-refractivity contribution in [1.82, 2.24) is 9.88 Å². The number of aromatic nitrogens is 1. The van der Waals surface area contributed by atoms with Crippen LogP contribution in [0.2, 0.25) is 0 Å². The number of carbonyl (C=O) groups is 1. The molecule has 4 rings (SSSR count). The summed E-state index contributed by atoms with van der Waals surface area (Å²) in [5.74, 6) is 0.109. The first-order valence-electron chi connectivity index (χ1n) is 10.2. The number of hydrogen-bond donors (Lipinski definition) is 1. The molecule has 7 heteroatoms. The summed E-state index contributed by atoms with van der Waals surface area (Å²) in [5.41, 5.74) is 10.0. The highest BCUT2D eigenvalue weighted by molar-refractivity contribution is 7.10. The third-order valence-corrected chi connectivity index (χ3v) is 7.11. The van der Waals surface area contributed by atoms with Crippen molar-refractivity contribution in [2.75, 3.05) is 7.05 Å². The maximum absolute atomic E-state index is 13.4. The molecule has 3 aromatic rings. The zero-order valence-corrected chi connectivity index (χ0v) is 19.0. The Balaban J connectivity index is 1.81. The van der Waals surface area contributed by atoms with Gasteiger partial charge in [0.15, 0.2) is 5.96 Å². The van der Waals surface area contributed by atoms with E-state index in [4.69, 9.17) is 18.6 Å². The number of rotatable bonds is 4. The number of benzene rings is 1. The highest BCUT2D eigenvalue weighted by atomic mass is 32.1. The van der Waals surface area contributed by atoms with Crippen LogP contribution >= 0.6 is 11.3 Å². The summed E-state index contributed by atoms with van der Waals surface area (Å²) in [6.45, 7) is 6.29. The SMILES string of the molecule is [B]c1cncc(-c2csc([C@@]3(C)N=C(N)N(C)C(=O)[C@@H]3c3ccc(C(C)C)cc3)c2)c1. The van der Waals surface area contributed by atoms with Crippen molar-refractivity contribution in [2.45, 2.75) is 38.1 Å². The standard InChI is InChI=1S/C24H25BN4OS/c1-14(2)15-5-7-16(8-6-15)21-22(30)29(4)23(26)28-24(21,3)20-10-18(13-31-20)17-9-19(25)12-27-11-17/h5-14,21H,1-4H3,(H2,26,28)/t21-,24+/m0/s1. The number of guanidine groups is 1. The molecule has 1 amide bonds. The van der Waals surface area contributed by atoms with E-state index in [-0.39, 0.29) is 11.9 Å². The van der Waals surface area contributed by atoms with E-state index in [2.05, 4.69) is 37.0 Å². The Kier molecular flexibility index (Phi) is 5.48. The fraction of sp³-hybridized carbons (Fsp3) is 0.292. The van der Waals surface area contributed by atoms with E-state index in [1.54, 1.807) is 30.8 Å². The second kappa shape index (κ2) is 7.96. The molecule has 2 N–H and O–H groups in total. The van der Waals surface area contributed by atoms with E-state index >= 15 is 0 Å². The average molecular weight is 428 g/mol. The lowest BCUT2D eigenvalue weighted by Gasteiger charge is -2.40. The van der Waals surface area contributed by atoms with Gasteiger partial charge in [-0.1, -0.05) is 49.6 Å². The Morgan fingerprint density at radius 3 is 2.52 bits per heavy atom. The van der Waals surface area contributed by atoms with Crippen molar-refractivity contribution >= 4 is 36.5 Å². The van der Waals surface area contributed by atoms with Crippen LogP contribution in [-0.4, -0.2) is 36.6 Å². The van der Waals surface area contributed by atoms with Crippen LogP contribution in [0.4, 0.5) is 0 Å². The molecule has 0 aliphatic carbocycles. The Hall–Kier alpha value is -2.93. The molecule has 0 unspecified atom stereocenters. The fourth-order valence-electron chi connectivity index (χ4n) is 4.03. The largest absolute Gasteiger partial charge is 0.369 e. The number of nitrogens with zero attached hydrogens (tertiary/aromatic N) is 3. The Labute approximate surface area is 188 Å². The molecule has 2 atom stereocenters. The molecule has 0 saturated heterocycles. The van der Waals surface area contributed by atoms with Crippen LogP contribution in [0.15, 0.2) is 59.2 Å². The number of amides is 1. The van der Waals surface area contributed by atoms with Gasteiger partial charge in [-0.3, -0.25) is 14.7 Å². The molecule has 156 valence electrons. The highest BCUT2D eigenvalue weighted by Gasteiger charge is 2.48. The lowest BCUT2D eigenvalue weighted by Crippen LogP contribution is -2.52. The van der Waals surface area contributed by atoms with E-state index in [1.165, 1.54) is 10.5 Å². The first-order chi connectivity index (χ1) is 14.7. The van der Waals surface area contributed by atoms with E-state index in [0.29, 0.717) is 11.4 Å². The van der Waals surface area contributed by atoms with Gasteiger partial charge in [0.25, 0.3) is 0 Å². The second-order valence-electron chi connectivity index (χ2n) is 8.48. The number of pyridine rings is 1. The molecule has 1 aliphatic heterocycles. The number of carbonyl (C=O) groups excluding carboxylic acids is 1. The van der Waals surface area contributed by atoms with Gasteiger partial charge >= 0.3 is 0 Å². The highest BCUT2D eigenvalue weighted by Crippen LogP contribution is 2.47. The molecule has 1 aliphatic rings. The third-order valence-electron chi connectivity index (χ3n) is 5.96. The van der Waals surface area contributed by atoms with Crippen LogP contribution in [0.1, 0.15) is 48.6 Å². The molecule has 3 heterocycles. The summed E-state index contributed by atoms with van der Waals surface area (Å²) in [5, 5.41) is 2.05. The second-order valence-corrected chi connectivity index (χ2v) is 9.39. The Morgan fingerprint density at radius 1 is 1.16 bits per heavy atom. The topological polar surface area (TPSA) is 71.6 Å². The molecule has 31 heavy (non-hydrogen) atoms. The van der Waals surface area contributed by atoms with Crippen molar-refractivity contribution in [3.05, 3.63) is 70.2 Å². The monoisotopic (exact) mass is 428 g/mol. The van der Waals surface area contributed by atoms with Crippen LogP contribution in [0.3, 0.4) is 0 Å². The summed E-state index contributed by atoms with van der Waals surface area (Å²) in [6, 6.07) is 12.2. The van der Waals surface area contributed by atoms with Gasteiger partial charge in [0.1, 0.15) is 13.4 Å². The first kappa shape index (κ1) is 21.3. The van der Waals surface area contributed by atoms with Gasteiger partial charge in [-0.05, 0) is 41.0 Å². The number of thiophene rings is 1. The molecular weight excluding hydrogens is 403 g/mol. The zero-order chi connectivity index (χ0) is 22.3. The van der Waals surface area contributed by atoms with Gasteiger partial charge in [-0.15, -0.1) is 11.3 Å². The minimum absolute atomic E-state index is 0.0622. The van der Waals surface area contributed by atoms with Gasteiger partial charge in [-0.2, -0.15) is 0 Å². The van der Waals surface area contributed by atoms with E-state index in [1.807, 2.05) is 30.5 Å².